The van der Waals surface area contributed by atoms with Crippen LogP contribution in [0, 0.1) is 0 Å². The molecule has 0 unspecified atom stereocenters. The van der Waals surface area contributed by atoms with Crippen LogP contribution in [-0.2, 0) is 4.79 Å². The van der Waals surface area contributed by atoms with E-state index in [1.807, 2.05) is 65.1 Å². The third-order valence-electron chi connectivity index (χ3n) is 4.15. The predicted molar refractivity (Wildman–Crippen MR) is 110 cm³/mol. The second-order valence-corrected chi connectivity index (χ2v) is 7.56. The molecule has 8 heteroatoms. The van der Waals surface area contributed by atoms with Gasteiger partial charge in [0.1, 0.15) is 5.75 Å². The second-order valence-electron chi connectivity index (χ2n) is 5.67. The van der Waals surface area contributed by atoms with Gasteiger partial charge >= 0.3 is 0 Å². The fraction of sp³-hybridized carbons (Fsp3) is 0.316. The van der Waals surface area contributed by atoms with Gasteiger partial charge in [-0.2, -0.15) is 0 Å². The molecule has 0 saturated heterocycles. The van der Waals surface area contributed by atoms with Gasteiger partial charge in [0.05, 0.1) is 23.4 Å². The first-order chi connectivity index (χ1) is 13.2. The lowest BCUT2D eigenvalue weighted by Gasteiger charge is -2.18. The average molecular weight is 403 g/mol. The highest BCUT2D eigenvalue weighted by atomic mass is 32.2. The number of thioether (sulfide) groups is 1. The van der Waals surface area contributed by atoms with Crippen molar-refractivity contribution in [3.05, 3.63) is 41.8 Å². The molecule has 27 heavy (non-hydrogen) atoms. The topological polar surface area (TPSA) is 60.2 Å². The first kappa shape index (κ1) is 19.4. The number of benzene rings is 1. The number of ether oxygens (including phenoxy) is 1. The maximum absolute atomic E-state index is 12.4. The molecular formula is C19H22N4O2S2. The number of methoxy groups -OCH3 is 1. The highest BCUT2D eigenvalue weighted by Crippen LogP contribution is 2.31. The van der Waals surface area contributed by atoms with Crippen LogP contribution in [-0.4, -0.2) is 51.5 Å². The molecule has 0 saturated carbocycles. The SMILES string of the molecule is CCN(CC)C(=O)CSc1nnc(-c2cccs2)n1-c1ccc(OC)cc1. The number of carbonyl (C=O) groups excluding carboxylic acids is 1. The van der Waals surface area contributed by atoms with E-state index in [1.165, 1.54) is 11.8 Å². The number of nitrogens with zero attached hydrogens (tertiary/aromatic N) is 4. The van der Waals surface area contributed by atoms with E-state index in [9.17, 15) is 4.79 Å². The van der Waals surface area contributed by atoms with E-state index < -0.39 is 0 Å². The molecule has 6 nitrogen and oxygen atoms in total. The van der Waals surface area contributed by atoms with Crippen molar-refractivity contribution >= 4 is 29.0 Å². The summed E-state index contributed by atoms with van der Waals surface area (Å²) in [5, 5.41) is 11.5. The van der Waals surface area contributed by atoms with Crippen molar-refractivity contribution in [3.8, 4) is 22.1 Å². The van der Waals surface area contributed by atoms with Crippen LogP contribution in [0.4, 0.5) is 0 Å². The molecule has 2 aromatic heterocycles. The lowest BCUT2D eigenvalue weighted by atomic mass is 10.3. The standard InChI is InChI=1S/C19H22N4O2S2/c1-4-22(5-2)17(24)13-27-19-21-20-18(16-7-6-12-26-16)23(19)14-8-10-15(25-3)11-9-14/h6-12H,4-5,13H2,1-3H3. The van der Waals surface area contributed by atoms with Crippen molar-refractivity contribution in [1.82, 2.24) is 19.7 Å². The Hall–Kier alpha value is -2.32. The lowest BCUT2D eigenvalue weighted by molar-refractivity contribution is -0.127. The molecule has 0 aliphatic carbocycles. The molecule has 1 amide bonds. The minimum absolute atomic E-state index is 0.104. The normalized spacial score (nSPS) is 10.8. The Bertz CT molecular complexity index is 872. The minimum Gasteiger partial charge on any atom is -0.497 e. The van der Waals surface area contributed by atoms with Crippen LogP contribution < -0.4 is 4.74 Å². The van der Waals surface area contributed by atoms with Crippen LogP contribution in [0.2, 0.25) is 0 Å². The largest absolute Gasteiger partial charge is 0.497 e. The number of amides is 1. The molecule has 0 atom stereocenters. The smallest absolute Gasteiger partial charge is 0.233 e. The van der Waals surface area contributed by atoms with E-state index in [-0.39, 0.29) is 5.91 Å². The summed E-state index contributed by atoms with van der Waals surface area (Å²) in [7, 11) is 1.64. The first-order valence-electron chi connectivity index (χ1n) is 8.72. The molecule has 2 heterocycles. The summed E-state index contributed by atoms with van der Waals surface area (Å²) in [5.41, 5.74) is 0.932. The number of aromatic nitrogens is 3. The van der Waals surface area contributed by atoms with E-state index in [2.05, 4.69) is 10.2 Å². The number of rotatable bonds is 8. The van der Waals surface area contributed by atoms with Gasteiger partial charge in [0.25, 0.3) is 0 Å². The van der Waals surface area contributed by atoms with Crippen LogP contribution in [0.15, 0.2) is 46.9 Å². The Morgan fingerprint density at radius 1 is 1.19 bits per heavy atom. The fourth-order valence-electron chi connectivity index (χ4n) is 2.69. The number of hydrogen-bond donors (Lipinski definition) is 0. The Morgan fingerprint density at radius 2 is 1.93 bits per heavy atom. The van der Waals surface area contributed by atoms with Crippen molar-refractivity contribution in [1.29, 1.82) is 0 Å². The predicted octanol–water partition coefficient (Wildman–Crippen LogP) is 3.96. The second kappa shape index (κ2) is 9.05. The molecule has 0 bridgehead atoms. The molecule has 142 valence electrons. The van der Waals surface area contributed by atoms with Crippen LogP contribution in [0.1, 0.15) is 13.8 Å². The van der Waals surface area contributed by atoms with Gasteiger partial charge in [-0.15, -0.1) is 21.5 Å². The molecular weight excluding hydrogens is 380 g/mol. The minimum atomic E-state index is 0.104. The summed E-state index contributed by atoms with van der Waals surface area (Å²) < 4.78 is 7.25. The first-order valence-corrected chi connectivity index (χ1v) is 10.6. The summed E-state index contributed by atoms with van der Waals surface area (Å²) in [5.74, 6) is 2.00. The Kier molecular flexibility index (Phi) is 6.52. The third-order valence-corrected chi connectivity index (χ3v) is 5.93. The summed E-state index contributed by atoms with van der Waals surface area (Å²) in [6.07, 6.45) is 0. The van der Waals surface area contributed by atoms with E-state index in [0.717, 1.165) is 22.1 Å². The molecule has 0 aliphatic heterocycles. The summed E-state index contributed by atoms with van der Waals surface area (Å²) in [6, 6.07) is 11.8. The Balaban J connectivity index is 1.93. The van der Waals surface area contributed by atoms with Crippen LogP contribution >= 0.6 is 23.1 Å². The monoisotopic (exact) mass is 402 g/mol. The number of thiophene rings is 1. The van der Waals surface area contributed by atoms with Crippen molar-refractivity contribution in [2.75, 3.05) is 26.0 Å². The van der Waals surface area contributed by atoms with Gasteiger partial charge in [-0.25, -0.2) is 0 Å². The maximum atomic E-state index is 12.4. The summed E-state index contributed by atoms with van der Waals surface area (Å²) in [6.45, 7) is 5.39. The van der Waals surface area contributed by atoms with Gasteiger partial charge in [0.2, 0.25) is 5.91 Å². The highest BCUT2D eigenvalue weighted by molar-refractivity contribution is 7.99. The van der Waals surface area contributed by atoms with Crippen molar-refractivity contribution in [2.24, 2.45) is 0 Å². The number of hydrogen-bond acceptors (Lipinski definition) is 6. The molecule has 0 aliphatic rings. The van der Waals surface area contributed by atoms with Crippen molar-refractivity contribution in [2.45, 2.75) is 19.0 Å². The zero-order valence-electron chi connectivity index (χ0n) is 15.6. The molecule has 0 spiro atoms. The van der Waals surface area contributed by atoms with Gasteiger partial charge < -0.3 is 9.64 Å². The highest BCUT2D eigenvalue weighted by Gasteiger charge is 2.19. The van der Waals surface area contributed by atoms with Crippen molar-refractivity contribution in [3.63, 3.8) is 0 Å². The third kappa shape index (κ3) is 4.33. The Labute approximate surface area is 167 Å². The Morgan fingerprint density at radius 3 is 2.52 bits per heavy atom. The van der Waals surface area contributed by atoms with E-state index >= 15 is 0 Å². The summed E-state index contributed by atoms with van der Waals surface area (Å²) in [4.78, 5) is 15.2. The van der Waals surface area contributed by atoms with Crippen LogP contribution in [0.25, 0.3) is 16.4 Å². The van der Waals surface area contributed by atoms with Gasteiger partial charge in [-0.1, -0.05) is 17.8 Å². The molecule has 1 aromatic carbocycles. The van der Waals surface area contributed by atoms with Crippen LogP contribution in [0.3, 0.4) is 0 Å². The molecule has 0 N–H and O–H groups in total. The molecule has 0 fully saturated rings. The van der Waals surface area contributed by atoms with Gasteiger partial charge in [-0.05, 0) is 49.6 Å². The van der Waals surface area contributed by atoms with Gasteiger partial charge in [-0.3, -0.25) is 9.36 Å². The maximum Gasteiger partial charge on any atom is 0.233 e. The fourth-order valence-corrected chi connectivity index (χ4v) is 4.24. The zero-order chi connectivity index (χ0) is 19.2. The lowest BCUT2D eigenvalue weighted by Crippen LogP contribution is -2.31. The average Bonchev–Trinajstić information content (AvgIpc) is 3.37. The summed E-state index contributed by atoms with van der Waals surface area (Å²) >= 11 is 3.02. The zero-order valence-corrected chi connectivity index (χ0v) is 17.2. The quantitative estimate of drug-likeness (QED) is 0.534. The van der Waals surface area contributed by atoms with Gasteiger partial charge in [0.15, 0.2) is 11.0 Å². The molecule has 3 rings (SSSR count). The van der Waals surface area contributed by atoms with E-state index in [1.54, 1.807) is 18.4 Å². The van der Waals surface area contributed by atoms with E-state index in [4.69, 9.17) is 4.74 Å². The number of carbonyl (C=O) groups is 1. The van der Waals surface area contributed by atoms with Crippen molar-refractivity contribution < 1.29 is 9.53 Å². The van der Waals surface area contributed by atoms with E-state index in [0.29, 0.717) is 24.0 Å². The van der Waals surface area contributed by atoms with Gasteiger partial charge in [0, 0.05) is 13.1 Å². The van der Waals surface area contributed by atoms with Crippen LogP contribution in [0.5, 0.6) is 5.75 Å². The molecule has 0 radical (unpaired) electrons. The molecule has 3 aromatic rings.